The Morgan fingerprint density at radius 2 is 2.06 bits per heavy atom. The standard InChI is InChI=1S/C12H22N2O2/c15-8-10-2-1-3-11(10)13-7-12(16)14-6-9-4-5-9/h9-11,13,15H,1-8H2,(H,14,16). The van der Waals surface area contributed by atoms with E-state index in [0.717, 1.165) is 31.7 Å². The number of aliphatic hydroxyl groups excluding tert-OH is 1. The number of rotatable bonds is 6. The SMILES string of the molecule is O=C(CNC1CCCC1CO)NCC1CC1. The topological polar surface area (TPSA) is 61.4 Å². The normalized spacial score (nSPS) is 29.3. The molecule has 4 nitrogen and oxygen atoms in total. The van der Waals surface area contributed by atoms with E-state index in [1.807, 2.05) is 0 Å². The van der Waals surface area contributed by atoms with Gasteiger partial charge in [-0.3, -0.25) is 4.79 Å². The van der Waals surface area contributed by atoms with E-state index >= 15 is 0 Å². The largest absolute Gasteiger partial charge is 0.396 e. The third-order valence-corrected chi connectivity index (χ3v) is 3.70. The predicted octanol–water partition coefficient (Wildman–Crippen LogP) is 0.263. The lowest BCUT2D eigenvalue weighted by atomic mass is 10.1. The van der Waals surface area contributed by atoms with Gasteiger partial charge in [-0.2, -0.15) is 0 Å². The van der Waals surface area contributed by atoms with Crippen LogP contribution in [0, 0.1) is 11.8 Å². The van der Waals surface area contributed by atoms with Gasteiger partial charge in [-0.15, -0.1) is 0 Å². The van der Waals surface area contributed by atoms with Crippen LogP contribution >= 0.6 is 0 Å². The van der Waals surface area contributed by atoms with E-state index < -0.39 is 0 Å². The van der Waals surface area contributed by atoms with E-state index in [1.165, 1.54) is 12.8 Å². The maximum atomic E-state index is 11.5. The predicted molar refractivity (Wildman–Crippen MR) is 62.0 cm³/mol. The number of hydrogen-bond acceptors (Lipinski definition) is 3. The summed E-state index contributed by atoms with van der Waals surface area (Å²) in [5.41, 5.74) is 0. The van der Waals surface area contributed by atoms with Crippen molar-refractivity contribution in [2.24, 2.45) is 11.8 Å². The zero-order valence-corrected chi connectivity index (χ0v) is 9.74. The van der Waals surface area contributed by atoms with Crippen molar-refractivity contribution in [3.63, 3.8) is 0 Å². The third-order valence-electron chi connectivity index (χ3n) is 3.70. The lowest BCUT2D eigenvalue weighted by Crippen LogP contribution is -2.41. The molecule has 0 bridgehead atoms. The Morgan fingerprint density at radius 3 is 2.75 bits per heavy atom. The highest BCUT2D eigenvalue weighted by Crippen LogP contribution is 2.27. The minimum absolute atomic E-state index is 0.0930. The van der Waals surface area contributed by atoms with Crippen molar-refractivity contribution >= 4 is 5.91 Å². The van der Waals surface area contributed by atoms with Crippen LogP contribution < -0.4 is 10.6 Å². The Kier molecular flexibility index (Phi) is 4.18. The fraction of sp³-hybridized carbons (Fsp3) is 0.917. The molecule has 2 saturated carbocycles. The molecular weight excluding hydrogens is 204 g/mol. The molecule has 3 N–H and O–H groups in total. The van der Waals surface area contributed by atoms with E-state index in [2.05, 4.69) is 10.6 Å². The summed E-state index contributed by atoms with van der Waals surface area (Å²) in [5.74, 6) is 1.17. The average Bonchev–Trinajstić information content (AvgIpc) is 3.01. The first-order chi connectivity index (χ1) is 7.79. The average molecular weight is 226 g/mol. The summed E-state index contributed by atoms with van der Waals surface area (Å²) in [6.45, 7) is 1.48. The molecule has 2 aliphatic rings. The molecule has 2 rings (SSSR count). The van der Waals surface area contributed by atoms with Gasteiger partial charge in [-0.05, 0) is 37.5 Å². The van der Waals surface area contributed by atoms with Crippen LogP contribution in [0.3, 0.4) is 0 Å². The summed E-state index contributed by atoms with van der Waals surface area (Å²) in [7, 11) is 0. The maximum absolute atomic E-state index is 11.5. The Balaban J connectivity index is 1.59. The van der Waals surface area contributed by atoms with Crippen LogP contribution in [0.25, 0.3) is 0 Å². The molecule has 0 spiro atoms. The highest BCUT2D eigenvalue weighted by atomic mass is 16.3. The van der Waals surface area contributed by atoms with Gasteiger partial charge in [0, 0.05) is 19.2 Å². The van der Waals surface area contributed by atoms with Crippen molar-refractivity contribution in [2.45, 2.75) is 38.1 Å². The fourth-order valence-electron chi connectivity index (χ4n) is 2.39. The fourth-order valence-corrected chi connectivity index (χ4v) is 2.39. The van der Waals surface area contributed by atoms with Gasteiger partial charge in [-0.1, -0.05) is 6.42 Å². The number of carbonyl (C=O) groups excluding carboxylic acids is 1. The number of aliphatic hydroxyl groups is 1. The minimum atomic E-state index is 0.0930. The molecule has 2 fully saturated rings. The third kappa shape index (κ3) is 3.46. The van der Waals surface area contributed by atoms with Crippen LogP contribution in [-0.2, 0) is 4.79 Å². The zero-order valence-electron chi connectivity index (χ0n) is 9.74. The van der Waals surface area contributed by atoms with Crippen LogP contribution in [0.5, 0.6) is 0 Å². The summed E-state index contributed by atoms with van der Waals surface area (Å²) in [6.07, 6.45) is 5.86. The molecule has 0 aromatic carbocycles. The van der Waals surface area contributed by atoms with Crippen molar-refractivity contribution < 1.29 is 9.90 Å². The summed E-state index contributed by atoms with van der Waals surface area (Å²) < 4.78 is 0. The van der Waals surface area contributed by atoms with Gasteiger partial charge >= 0.3 is 0 Å². The van der Waals surface area contributed by atoms with E-state index in [4.69, 9.17) is 5.11 Å². The number of nitrogens with one attached hydrogen (secondary N) is 2. The summed E-state index contributed by atoms with van der Waals surface area (Å²) >= 11 is 0. The molecular formula is C12H22N2O2. The molecule has 16 heavy (non-hydrogen) atoms. The zero-order chi connectivity index (χ0) is 11.4. The Morgan fingerprint density at radius 1 is 1.25 bits per heavy atom. The lowest BCUT2D eigenvalue weighted by Gasteiger charge is -2.18. The van der Waals surface area contributed by atoms with E-state index in [-0.39, 0.29) is 12.5 Å². The van der Waals surface area contributed by atoms with Gasteiger partial charge in [0.1, 0.15) is 0 Å². The summed E-state index contributed by atoms with van der Waals surface area (Å²) in [6, 6.07) is 0.330. The first-order valence-corrected chi connectivity index (χ1v) is 6.40. The number of amides is 1. The van der Waals surface area contributed by atoms with Gasteiger partial charge in [0.25, 0.3) is 0 Å². The van der Waals surface area contributed by atoms with Crippen molar-refractivity contribution in [1.29, 1.82) is 0 Å². The van der Waals surface area contributed by atoms with Gasteiger partial charge in [0.05, 0.1) is 6.54 Å². The van der Waals surface area contributed by atoms with Crippen LogP contribution in [0.15, 0.2) is 0 Å². The first-order valence-electron chi connectivity index (χ1n) is 6.40. The highest BCUT2D eigenvalue weighted by Gasteiger charge is 2.26. The van der Waals surface area contributed by atoms with Crippen molar-refractivity contribution in [3.8, 4) is 0 Å². The Bertz CT molecular complexity index is 241. The molecule has 0 saturated heterocycles. The Hall–Kier alpha value is -0.610. The Labute approximate surface area is 96.8 Å². The molecule has 0 aromatic heterocycles. The second-order valence-electron chi connectivity index (χ2n) is 5.11. The molecule has 0 aromatic rings. The quantitative estimate of drug-likeness (QED) is 0.609. The molecule has 4 heteroatoms. The van der Waals surface area contributed by atoms with E-state index in [9.17, 15) is 4.79 Å². The molecule has 2 aliphatic carbocycles. The lowest BCUT2D eigenvalue weighted by molar-refractivity contribution is -0.120. The van der Waals surface area contributed by atoms with Crippen LogP contribution in [0.1, 0.15) is 32.1 Å². The van der Waals surface area contributed by atoms with Crippen molar-refractivity contribution in [3.05, 3.63) is 0 Å². The van der Waals surface area contributed by atoms with Gasteiger partial charge < -0.3 is 15.7 Å². The van der Waals surface area contributed by atoms with Crippen molar-refractivity contribution in [1.82, 2.24) is 10.6 Å². The number of hydrogen-bond donors (Lipinski definition) is 3. The first kappa shape index (κ1) is 11.9. The van der Waals surface area contributed by atoms with Gasteiger partial charge in [0.15, 0.2) is 0 Å². The van der Waals surface area contributed by atoms with E-state index in [0.29, 0.717) is 18.5 Å². The second-order valence-corrected chi connectivity index (χ2v) is 5.11. The molecule has 2 unspecified atom stereocenters. The molecule has 1 amide bonds. The van der Waals surface area contributed by atoms with Crippen LogP contribution in [0.2, 0.25) is 0 Å². The molecule has 0 radical (unpaired) electrons. The molecule has 2 atom stereocenters. The smallest absolute Gasteiger partial charge is 0.233 e. The van der Waals surface area contributed by atoms with Crippen LogP contribution in [0.4, 0.5) is 0 Å². The van der Waals surface area contributed by atoms with Gasteiger partial charge in [0.2, 0.25) is 5.91 Å². The molecule has 0 heterocycles. The summed E-state index contributed by atoms with van der Waals surface area (Å²) in [4.78, 5) is 11.5. The van der Waals surface area contributed by atoms with Crippen LogP contribution in [-0.4, -0.2) is 36.8 Å². The maximum Gasteiger partial charge on any atom is 0.233 e. The minimum Gasteiger partial charge on any atom is -0.396 e. The highest BCUT2D eigenvalue weighted by molar-refractivity contribution is 5.78. The van der Waals surface area contributed by atoms with E-state index in [1.54, 1.807) is 0 Å². The van der Waals surface area contributed by atoms with Crippen molar-refractivity contribution in [2.75, 3.05) is 19.7 Å². The summed E-state index contributed by atoms with van der Waals surface area (Å²) in [5, 5.41) is 15.3. The van der Waals surface area contributed by atoms with Gasteiger partial charge in [-0.25, -0.2) is 0 Å². The second kappa shape index (κ2) is 5.64. The molecule has 92 valence electrons. The monoisotopic (exact) mass is 226 g/mol. The number of carbonyl (C=O) groups is 1. The molecule has 0 aliphatic heterocycles.